The molecule has 0 bridgehead atoms. The number of halogens is 6. The average Bonchev–Trinajstić information content (AvgIpc) is 3.42. The number of nitriles is 1. The molecule has 190 valence electrons. The summed E-state index contributed by atoms with van der Waals surface area (Å²) in [6.45, 7) is -0.336. The molecule has 0 spiro atoms. The number of carbonyl (C=O) groups is 2. The molecule has 0 atom stereocenters. The highest BCUT2D eigenvalue weighted by Gasteiger charge is 2.42. The monoisotopic (exact) mass is 555 g/mol. The third-order valence-electron chi connectivity index (χ3n) is 4.75. The summed E-state index contributed by atoms with van der Waals surface area (Å²) in [6, 6.07) is 9.70. The van der Waals surface area contributed by atoms with E-state index in [4.69, 9.17) is 33.2 Å². The van der Waals surface area contributed by atoms with Gasteiger partial charge in [0.15, 0.2) is 17.2 Å². The molecule has 0 unspecified atom stereocenters. The first-order chi connectivity index (χ1) is 17.5. The van der Waals surface area contributed by atoms with Crippen LogP contribution in [0.4, 0.5) is 17.6 Å². The molecule has 0 aliphatic rings. The van der Waals surface area contributed by atoms with E-state index in [2.05, 4.69) is 20.1 Å². The van der Waals surface area contributed by atoms with Crippen molar-refractivity contribution in [3.63, 3.8) is 0 Å². The molecule has 0 saturated carbocycles. The maximum absolute atomic E-state index is 15.1. The highest BCUT2D eigenvalue weighted by Crippen LogP contribution is 2.35. The topological polar surface area (TPSA) is 122 Å². The number of carbonyl (C=O) groups excluding carboxylic acids is 2. The molecule has 0 aliphatic carbocycles. The van der Waals surface area contributed by atoms with Crippen LogP contribution < -0.4 is 14.9 Å². The fourth-order valence-electron chi connectivity index (χ4n) is 3.09. The van der Waals surface area contributed by atoms with Crippen molar-refractivity contribution >= 4 is 46.2 Å². The maximum atomic E-state index is 15.1. The first-order valence-electron chi connectivity index (χ1n) is 9.95. The minimum atomic E-state index is -5.23. The molecule has 9 nitrogen and oxygen atoms in total. The van der Waals surface area contributed by atoms with Gasteiger partial charge in [-0.3, -0.25) is 4.79 Å². The van der Waals surface area contributed by atoms with E-state index >= 15 is 4.39 Å². The minimum absolute atomic E-state index is 0.0202. The van der Waals surface area contributed by atoms with Crippen molar-refractivity contribution < 1.29 is 36.7 Å². The van der Waals surface area contributed by atoms with Crippen LogP contribution in [0.2, 0.25) is 10.0 Å². The molecular weight excluding hydrogens is 545 g/mol. The molecule has 1 amide bonds. The highest BCUT2D eigenvalue weighted by molar-refractivity contribution is 6.32. The lowest BCUT2D eigenvalue weighted by atomic mass is 10.2. The average molecular weight is 556 g/mol. The van der Waals surface area contributed by atoms with Gasteiger partial charge in [-0.1, -0.05) is 29.3 Å². The number of ether oxygens (including phenoxy) is 1. The van der Waals surface area contributed by atoms with Crippen LogP contribution in [0.3, 0.4) is 0 Å². The van der Waals surface area contributed by atoms with E-state index < -0.39 is 23.9 Å². The van der Waals surface area contributed by atoms with Crippen LogP contribution in [0, 0.1) is 17.1 Å². The first kappa shape index (κ1) is 25.8. The van der Waals surface area contributed by atoms with E-state index in [1.54, 1.807) is 0 Å². The molecule has 2 aromatic carbocycles. The second-order valence-corrected chi connectivity index (χ2v) is 8.13. The number of nitrogens with one attached hydrogen (secondary N) is 2. The fraction of sp³-hybridized carbons (Fsp3) is 0.0909. The Labute approximate surface area is 214 Å². The Hall–Kier alpha value is -4.28. The van der Waals surface area contributed by atoms with Crippen LogP contribution in [-0.2, 0) is 11.3 Å². The summed E-state index contributed by atoms with van der Waals surface area (Å²) in [6.07, 6.45) is -4.42. The van der Waals surface area contributed by atoms with Gasteiger partial charge in [0.2, 0.25) is 0 Å². The number of nitrogens with zero attached hydrogens (tertiary/aromatic N) is 3. The number of hydrogen-bond acceptors (Lipinski definition) is 6. The number of alkyl halides is 3. The lowest BCUT2D eigenvalue weighted by Gasteiger charge is -2.13. The van der Waals surface area contributed by atoms with Crippen molar-refractivity contribution in [3.05, 3.63) is 75.4 Å². The number of hydrogen-bond donors (Lipinski definition) is 2. The fourth-order valence-corrected chi connectivity index (χ4v) is 3.50. The van der Waals surface area contributed by atoms with Crippen LogP contribution in [-0.4, -0.2) is 32.8 Å². The summed E-state index contributed by atoms with van der Waals surface area (Å²) >= 11 is 12.0. The minimum Gasteiger partial charge on any atom is -0.453 e. The normalized spacial score (nSPS) is 11.3. The molecule has 4 rings (SSSR count). The van der Waals surface area contributed by atoms with Gasteiger partial charge in [0, 0.05) is 17.1 Å². The van der Waals surface area contributed by atoms with E-state index in [1.807, 2.05) is 6.07 Å². The summed E-state index contributed by atoms with van der Waals surface area (Å²) in [7, 11) is 0. The van der Waals surface area contributed by atoms with Gasteiger partial charge in [0.25, 0.3) is 5.91 Å². The van der Waals surface area contributed by atoms with E-state index in [1.165, 1.54) is 30.3 Å². The van der Waals surface area contributed by atoms with Crippen molar-refractivity contribution in [1.29, 1.82) is 5.26 Å². The van der Waals surface area contributed by atoms with Crippen molar-refractivity contribution in [2.24, 2.45) is 0 Å². The SMILES string of the molecule is N#Cc1cc(Cl)cc(Oc2c(Cl)ccc(CNC(=O)c3cc4c(ncn4OC(=O)C(F)(F)F)[nH]3)c2F)c1. The Bertz CT molecular complexity index is 1580. The summed E-state index contributed by atoms with van der Waals surface area (Å²) in [5.41, 5.74) is -0.144. The molecule has 2 aromatic heterocycles. The number of aromatic nitrogens is 3. The van der Waals surface area contributed by atoms with Crippen LogP contribution >= 0.6 is 23.2 Å². The number of imidazole rings is 1. The van der Waals surface area contributed by atoms with Crippen molar-refractivity contribution in [2.45, 2.75) is 12.7 Å². The number of H-pyrrole nitrogens is 1. The molecular formula is C22H11Cl2F4N5O4. The Morgan fingerprint density at radius 1 is 1.19 bits per heavy atom. The van der Waals surface area contributed by atoms with Crippen LogP contribution in [0.15, 0.2) is 42.7 Å². The van der Waals surface area contributed by atoms with Gasteiger partial charge in [-0.2, -0.15) is 23.2 Å². The van der Waals surface area contributed by atoms with Crippen LogP contribution in [0.1, 0.15) is 21.6 Å². The number of benzene rings is 2. The molecule has 2 N–H and O–H groups in total. The molecule has 0 radical (unpaired) electrons. The zero-order chi connectivity index (χ0) is 26.9. The lowest BCUT2D eigenvalue weighted by molar-refractivity contribution is -0.199. The molecule has 4 aromatic rings. The van der Waals surface area contributed by atoms with E-state index in [9.17, 15) is 22.8 Å². The van der Waals surface area contributed by atoms with Gasteiger partial charge in [0.1, 0.15) is 23.3 Å². The Morgan fingerprint density at radius 2 is 1.95 bits per heavy atom. The van der Waals surface area contributed by atoms with Gasteiger partial charge >= 0.3 is 12.1 Å². The molecule has 2 heterocycles. The Morgan fingerprint density at radius 3 is 2.65 bits per heavy atom. The quantitative estimate of drug-likeness (QED) is 0.325. The van der Waals surface area contributed by atoms with Gasteiger partial charge in [-0.15, -0.1) is 0 Å². The zero-order valence-electron chi connectivity index (χ0n) is 18.0. The van der Waals surface area contributed by atoms with Crippen molar-refractivity contribution in [1.82, 2.24) is 20.0 Å². The van der Waals surface area contributed by atoms with E-state index in [0.29, 0.717) is 4.73 Å². The number of fused-ring (bicyclic) bond motifs is 1. The number of amides is 1. The number of aromatic amines is 1. The molecule has 0 saturated heterocycles. The zero-order valence-corrected chi connectivity index (χ0v) is 19.5. The lowest BCUT2D eigenvalue weighted by Crippen LogP contribution is -2.32. The summed E-state index contributed by atoms with van der Waals surface area (Å²) in [5, 5.41) is 11.6. The molecule has 0 aliphatic heterocycles. The summed E-state index contributed by atoms with van der Waals surface area (Å²) in [5.74, 6) is -4.44. The predicted molar refractivity (Wildman–Crippen MR) is 121 cm³/mol. The van der Waals surface area contributed by atoms with Gasteiger partial charge in [-0.25, -0.2) is 14.2 Å². The van der Waals surface area contributed by atoms with Gasteiger partial charge in [-0.05, 0) is 30.3 Å². The summed E-state index contributed by atoms with van der Waals surface area (Å²) in [4.78, 5) is 34.1. The van der Waals surface area contributed by atoms with Gasteiger partial charge in [0.05, 0.1) is 16.7 Å². The predicted octanol–water partition coefficient (Wildman–Crippen LogP) is 4.92. The molecule has 37 heavy (non-hydrogen) atoms. The van der Waals surface area contributed by atoms with Crippen LogP contribution in [0.25, 0.3) is 11.2 Å². The third-order valence-corrected chi connectivity index (χ3v) is 5.27. The molecule has 15 heteroatoms. The van der Waals surface area contributed by atoms with E-state index in [-0.39, 0.29) is 56.1 Å². The highest BCUT2D eigenvalue weighted by atomic mass is 35.5. The largest absolute Gasteiger partial charge is 0.493 e. The summed E-state index contributed by atoms with van der Waals surface area (Å²) < 4.78 is 58.4. The van der Waals surface area contributed by atoms with E-state index in [0.717, 1.165) is 12.4 Å². The van der Waals surface area contributed by atoms with Crippen molar-refractivity contribution in [3.8, 4) is 17.6 Å². The van der Waals surface area contributed by atoms with Crippen molar-refractivity contribution in [2.75, 3.05) is 0 Å². The first-order valence-corrected chi connectivity index (χ1v) is 10.7. The number of rotatable bonds is 6. The van der Waals surface area contributed by atoms with Gasteiger partial charge < -0.3 is 19.9 Å². The van der Waals surface area contributed by atoms with Crippen LogP contribution in [0.5, 0.6) is 11.5 Å². The second kappa shape index (κ2) is 10.00. The standard InChI is InChI=1S/C22H11Cl2F4N5O4/c23-12-3-10(7-29)4-13(5-12)36-18-14(24)2-1-11(17(18)25)8-30-20(34)15-6-16-19(32-15)31-9-33(16)37-21(35)22(26,27)28/h1-6,9,32H,8H2,(H,30,34). The smallest absolute Gasteiger partial charge is 0.453 e. The second-order valence-electron chi connectivity index (χ2n) is 7.29. The molecule has 0 fully saturated rings. The third kappa shape index (κ3) is 5.60. The maximum Gasteiger partial charge on any atom is 0.493 e. The Kier molecular flexibility index (Phi) is 6.97. The Balaban J connectivity index is 1.49.